The standard InChI is InChI=1S/C16H24ClN3OS/c1-3-18-15(20-10-16(2)11-21-12-16)19-8-9-22-14-6-4-13(17)5-7-14/h4-7H,3,8-12H2,1-2H3,(H2,18,19,20). The van der Waals surface area contributed by atoms with Crippen LogP contribution in [-0.2, 0) is 4.74 Å². The van der Waals surface area contributed by atoms with Crippen LogP contribution in [0.5, 0.6) is 0 Å². The minimum atomic E-state index is 0.209. The number of ether oxygens (including phenoxy) is 1. The molecule has 1 heterocycles. The number of hydrogen-bond donors (Lipinski definition) is 2. The highest BCUT2D eigenvalue weighted by Crippen LogP contribution is 2.26. The number of guanidine groups is 1. The lowest BCUT2D eigenvalue weighted by Gasteiger charge is -2.36. The quantitative estimate of drug-likeness (QED) is 0.346. The highest BCUT2D eigenvalue weighted by Gasteiger charge is 2.33. The van der Waals surface area contributed by atoms with Crippen LogP contribution < -0.4 is 10.6 Å². The van der Waals surface area contributed by atoms with Crippen LogP contribution in [0.2, 0.25) is 5.02 Å². The second kappa shape index (κ2) is 8.65. The van der Waals surface area contributed by atoms with Gasteiger partial charge in [-0.05, 0) is 31.2 Å². The predicted molar refractivity (Wildman–Crippen MR) is 95.1 cm³/mol. The third-order valence-corrected chi connectivity index (χ3v) is 4.61. The monoisotopic (exact) mass is 341 g/mol. The summed E-state index contributed by atoms with van der Waals surface area (Å²) in [5.41, 5.74) is 0.209. The first-order valence-corrected chi connectivity index (χ1v) is 8.96. The molecule has 2 N–H and O–H groups in total. The molecule has 122 valence electrons. The molecule has 0 radical (unpaired) electrons. The van der Waals surface area contributed by atoms with Crippen molar-refractivity contribution in [2.24, 2.45) is 10.4 Å². The van der Waals surface area contributed by atoms with Crippen LogP contribution in [0.15, 0.2) is 34.2 Å². The van der Waals surface area contributed by atoms with Gasteiger partial charge in [0.2, 0.25) is 0 Å². The average molecular weight is 342 g/mol. The molecule has 1 aromatic carbocycles. The summed E-state index contributed by atoms with van der Waals surface area (Å²) in [6.45, 7) is 8.43. The summed E-state index contributed by atoms with van der Waals surface area (Å²) in [6, 6.07) is 7.93. The van der Waals surface area contributed by atoms with Crippen LogP contribution in [0, 0.1) is 5.41 Å². The largest absolute Gasteiger partial charge is 0.380 e. The molecular formula is C16H24ClN3OS. The van der Waals surface area contributed by atoms with E-state index in [0.29, 0.717) is 0 Å². The zero-order valence-electron chi connectivity index (χ0n) is 13.2. The molecule has 0 saturated carbocycles. The van der Waals surface area contributed by atoms with Crippen molar-refractivity contribution >= 4 is 29.3 Å². The Labute approximate surface area is 142 Å². The first kappa shape index (κ1) is 17.4. The van der Waals surface area contributed by atoms with E-state index < -0.39 is 0 Å². The van der Waals surface area contributed by atoms with Gasteiger partial charge in [0.1, 0.15) is 0 Å². The van der Waals surface area contributed by atoms with Gasteiger partial charge in [-0.3, -0.25) is 4.99 Å². The van der Waals surface area contributed by atoms with Gasteiger partial charge in [-0.1, -0.05) is 18.5 Å². The molecule has 0 amide bonds. The molecule has 1 aliphatic rings. The second-order valence-corrected chi connectivity index (χ2v) is 7.33. The predicted octanol–water partition coefficient (Wildman–Crippen LogP) is 3.02. The minimum absolute atomic E-state index is 0.209. The van der Waals surface area contributed by atoms with Crippen molar-refractivity contribution in [3.8, 4) is 0 Å². The molecule has 1 aromatic rings. The van der Waals surface area contributed by atoms with Gasteiger partial charge in [-0.25, -0.2) is 0 Å². The topological polar surface area (TPSA) is 45.7 Å². The van der Waals surface area contributed by atoms with E-state index in [9.17, 15) is 0 Å². The summed E-state index contributed by atoms with van der Waals surface area (Å²) in [7, 11) is 0. The van der Waals surface area contributed by atoms with Crippen molar-refractivity contribution in [3.63, 3.8) is 0 Å². The Morgan fingerprint density at radius 2 is 2.05 bits per heavy atom. The Morgan fingerprint density at radius 3 is 2.64 bits per heavy atom. The number of nitrogens with zero attached hydrogens (tertiary/aromatic N) is 1. The average Bonchev–Trinajstić information content (AvgIpc) is 2.49. The Kier molecular flexibility index (Phi) is 6.86. The fourth-order valence-corrected chi connectivity index (χ4v) is 2.92. The molecule has 0 bridgehead atoms. The van der Waals surface area contributed by atoms with Crippen molar-refractivity contribution in [1.29, 1.82) is 0 Å². The van der Waals surface area contributed by atoms with Gasteiger partial charge in [0.15, 0.2) is 5.96 Å². The highest BCUT2D eigenvalue weighted by molar-refractivity contribution is 7.99. The maximum absolute atomic E-state index is 5.88. The molecule has 0 aromatic heterocycles. The normalized spacial score (nSPS) is 17.0. The maximum Gasteiger partial charge on any atom is 0.191 e. The Hall–Kier alpha value is -0.910. The molecule has 0 unspecified atom stereocenters. The van der Waals surface area contributed by atoms with Crippen LogP contribution in [0.3, 0.4) is 0 Å². The first-order valence-electron chi connectivity index (χ1n) is 7.60. The van der Waals surface area contributed by atoms with E-state index in [-0.39, 0.29) is 5.41 Å². The lowest BCUT2D eigenvalue weighted by molar-refractivity contribution is -0.0945. The molecule has 1 aliphatic heterocycles. The number of hydrogen-bond acceptors (Lipinski definition) is 3. The van der Waals surface area contributed by atoms with Crippen LogP contribution in [0.25, 0.3) is 0 Å². The van der Waals surface area contributed by atoms with Gasteiger partial charge < -0.3 is 15.4 Å². The van der Waals surface area contributed by atoms with Crippen molar-refractivity contribution in [3.05, 3.63) is 29.3 Å². The van der Waals surface area contributed by atoms with Crippen LogP contribution in [0.4, 0.5) is 0 Å². The van der Waals surface area contributed by atoms with Crippen molar-refractivity contribution in [1.82, 2.24) is 10.6 Å². The molecule has 4 nitrogen and oxygen atoms in total. The maximum atomic E-state index is 5.88. The van der Waals surface area contributed by atoms with E-state index in [1.165, 1.54) is 4.90 Å². The molecular weight excluding hydrogens is 318 g/mol. The van der Waals surface area contributed by atoms with E-state index in [4.69, 9.17) is 16.3 Å². The first-order chi connectivity index (χ1) is 10.6. The summed E-state index contributed by atoms with van der Waals surface area (Å²) in [4.78, 5) is 5.88. The van der Waals surface area contributed by atoms with E-state index in [1.54, 1.807) is 11.8 Å². The lowest BCUT2D eigenvalue weighted by Crippen LogP contribution is -2.44. The number of benzene rings is 1. The number of halogens is 1. The Morgan fingerprint density at radius 1 is 1.32 bits per heavy atom. The van der Waals surface area contributed by atoms with Crippen LogP contribution in [-0.4, -0.2) is 44.6 Å². The van der Waals surface area contributed by atoms with Crippen LogP contribution in [0.1, 0.15) is 13.8 Å². The lowest BCUT2D eigenvalue weighted by atomic mass is 9.89. The number of thioether (sulfide) groups is 1. The van der Waals surface area contributed by atoms with Crippen molar-refractivity contribution in [2.45, 2.75) is 18.7 Å². The Balaban J connectivity index is 1.71. The third-order valence-electron chi connectivity index (χ3n) is 3.34. The summed E-state index contributed by atoms with van der Waals surface area (Å²) in [6.07, 6.45) is 0. The SMILES string of the molecule is CCNC(=NCC1(C)COC1)NCCSc1ccc(Cl)cc1. The Bertz CT molecular complexity index is 489. The van der Waals surface area contributed by atoms with Crippen molar-refractivity contribution < 1.29 is 4.74 Å². The van der Waals surface area contributed by atoms with Gasteiger partial charge in [0.25, 0.3) is 0 Å². The van der Waals surface area contributed by atoms with E-state index >= 15 is 0 Å². The van der Waals surface area contributed by atoms with Gasteiger partial charge >= 0.3 is 0 Å². The summed E-state index contributed by atoms with van der Waals surface area (Å²) >= 11 is 7.69. The molecule has 0 spiro atoms. The fraction of sp³-hybridized carbons (Fsp3) is 0.562. The molecule has 6 heteroatoms. The zero-order chi connectivity index (χ0) is 15.8. The van der Waals surface area contributed by atoms with E-state index in [2.05, 4.69) is 29.5 Å². The third kappa shape index (κ3) is 5.71. The van der Waals surface area contributed by atoms with Crippen LogP contribution >= 0.6 is 23.4 Å². The van der Waals surface area contributed by atoms with Crippen molar-refractivity contribution in [2.75, 3.05) is 38.6 Å². The number of aliphatic imine (C=N–C) groups is 1. The van der Waals surface area contributed by atoms with E-state index in [1.807, 2.05) is 24.3 Å². The van der Waals surface area contributed by atoms with Gasteiger partial charge in [0.05, 0.1) is 19.8 Å². The summed E-state index contributed by atoms with van der Waals surface area (Å²) in [5, 5.41) is 7.43. The highest BCUT2D eigenvalue weighted by atomic mass is 35.5. The number of rotatable bonds is 7. The second-order valence-electron chi connectivity index (χ2n) is 5.73. The molecule has 1 fully saturated rings. The summed E-state index contributed by atoms with van der Waals surface area (Å²) in [5.74, 6) is 1.86. The summed E-state index contributed by atoms with van der Waals surface area (Å²) < 4.78 is 5.26. The number of nitrogens with one attached hydrogen (secondary N) is 2. The molecule has 0 aliphatic carbocycles. The molecule has 1 saturated heterocycles. The smallest absolute Gasteiger partial charge is 0.191 e. The van der Waals surface area contributed by atoms with E-state index in [0.717, 1.165) is 49.6 Å². The molecule has 22 heavy (non-hydrogen) atoms. The zero-order valence-corrected chi connectivity index (χ0v) is 14.8. The fourth-order valence-electron chi connectivity index (χ4n) is 2.02. The van der Waals surface area contributed by atoms with Gasteiger partial charge in [0, 0.05) is 34.2 Å². The van der Waals surface area contributed by atoms with Gasteiger partial charge in [-0.2, -0.15) is 0 Å². The molecule has 2 rings (SSSR count). The van der Waals surface area contributed by atoms with Gasteiger partial charge in [-0.15, -0.1) is 11.8 Å². The minimum Gasteiger partial charge on any atom is -0.380 e. The molecule has 0 atom stereocenters.